The number of hydrogen-bond donors (Lipinski definition) is 0. The first-order valence-corrected chi connectivity index (χ1v) is 2.27. The molecule has 0 spiro atoms. The molecule has 0 aliphatic rings. The minimum Gasteiger partial charge on any atom is -0.262 e. The molecule has 1 nitrogen and oxygen atoms in total. The van der Waals surface area contributed by atoms with E-state index in [4.69, 9.17) is 0 Å². The summed E-state index contributed by atoms with van der Waals surface area (Å²) in [6, 6.07) is 5.86. The number of nitrogens with zero attached hydrogens (tertiary/aromatic N) is 1. The number of aryl methyl sites for hydroxylation is 1. The van der Waals surface area contributed by atoms with E-state index in [0.717, 1.165) is 5.69 Å². The molecule has 1 heteroatoms. The molecule has 0 saturated heterocycles. The Morgan fingerprint density at radius 1 is 1.43 bits per heavy atom. The van der Waals surface area contributed by atoms with E-state index in [1.807, 2.05) is 25.1 Å². The summed E-state index contributed by atoms with van der Waals surface area (Å²) in [6.45, 7) is 1.97. The van der Waals surface area contributed by atoms with Gasteiger partial charge in [-0.1, -0.05) is 6.07 Å². The van der Waals surface area contributed by atoms with Gasteiger partial charge in [-0.25, -0.2) is 0 Å². The van der Waals surface area contributed by atoms with Crippen LogP contribution in [0.3, 0.4) is 0 Å². The van der Waals surface area contributed by atoms with Crippen molar-refractivity contribution in [3.63, 3.8) is 0 Å². The Labute approximate surface area is 43.0 Å². The smallest absolute Gasteiger partial charge is 0.0372 e. The third-order valence-electron chi connectivity index (χ3n) is 0.813. The SMILES string of the molecule is C[14c]1ccccn1. The highest BCUT2D eigenvalue weighted by atomic mass is 15.2. The van der Waals surface area contributed by atoms with E-state index in [9.17, 15) is 0 Å². The first kappa shape index (κ1) is 4.31. The van der Waals surface area contributed by atoms with Crippen molar-refractivity contribution in [1.82, 2.24) is 4.98 Å². The van der Waals surface area contributed by atoms with Gasteiger partial charge in [-0.05, 0) is 19.1 Å². The first-order valence-electron chi connectivity index (χ1n) is 2.27. The minimum absolute atomic E-state index is 1.07. The summed E-state index contributed by atoms with van der Waals surface area (Å²) in [5, 5.41) is 0. The van der Waals surface area contributed by atoms with Crippen LogP contribution in [0.2, 0.25) is 0 Å². The average molecular weight is 95.1 g/mol. The maximum absolute atomic E-state index is 3.98. The number of aromatic nitrogens is 1. The lowest BCUT2D eigenvalue weighted by Gasteiger charge is -1.82. The highest BCUT2D eigenvalue weighted by Gasteiger charge is 1.73. The van der Waals surface area contributed by atoms with Crippen LogP contribution in [0.5, 0.6) is 0 Å². The van der Waals surface area contributed by atoms with Crippen LogP contribution in [0.25, 0.3) is 0 Å². The van der Waals surface area contributed by atoms with Gasteiger partial charge >= 0.3 is 0 Å². The Kier molecular flexibility index (Phi) is 1.07. The molecule has 36 valence electrons. The van der Waals surface area contributed by atoms with Crippen LogP contribution >= 0.6 is 0 Å². The lowest BCUT2D eigenvalue weighted by atomic mass is 10.6. The number of hydrogen-bond acceptors (Lipinski definition) is 1. The zero-order valence-electron chi connectivity index (χ0n) is 4.26. The van der Waals surface area contributed by atoms with Crippen molar-refractivity contribution >= 4 is 0 Å². The summed E-state index contributed by atoms with van der Waals surface area (Å²) in [5.41, 5.74) is 1.07. The van der Waals surface area contributed by atoms with Gasteiger partial charge in [0.15, 0.2) is 0 Å². The lowest BCUT2D eigenvalue weighted by Crippen LogP contribution is -1.72. The molecule has 0 aliphatic carbocycles. The third kappa shape index (κ3) is 1.000. The van der Waals surface area contributed by atoms with E-state index < -0.39 is 0 Å². The number of rotatable bonds is 0. The summed E-state index contributed by atoms with van der Waals surface area (Å²) in [6.07, 6.45) is 1.79. The second-order valence-corrected chi connectivity index (χ2v) is 1.47. The second kappa shape index (κ2) is 1.73. The van der Waals surface area contributed by atoms with E-state index >= 15 is 0 Å². The Bertz CT molecular complexity index is 134. The molecule has 0 fully saturated rings. The Hall–Kier alpha value is -0.850. The van der Waals surface area contributed by atoms with Crippen molar-refractivity contribution in [3.05, 3.63) is 30.1 Å². The summed E-state index contributed by atoms with van der Waals surface area (Å²) in [4.78, 5) is 3.98. The Morgan fingerprint density at radius 2 is 2.29 bits per heavy atom. The van der Waals surface area contributed by atoms with Gasteiger partial charge in [-0.15, -0.1) is 0 Å². The highest BCUT2D eigenvalue weighted by molar-refractivity contribution is 4.99. The fraction of sp³-hybridized carbons (Fsp3) is 0.167. The molecule has 1 rings (SSSR count). The molecule has 1 heterocycles. The van der Waals surface area contributed by atoms with Gasteiger partial charge in [0.2, 0.25) is 0 Å². The molecule has 0 aromatic carbocycles. The molecule has 0 saturated carbocycles. The molecule has 0 amide bonds. The Morgan fingerprint density at radius 3 is 2.57 bits per heavy atom. The van der Waals surface area contributed by atoms with E-state index in [2.05, 4.69) is 4.98 Å². The molecule has 0 unspecified atom stereocenters. The molecule has 7 heavy (non-hydrogen) atoms. The summed E-state index contributed by atoms with van der Waals surface area (Å²) in [5.74, 6) is 0. The molecule has 0 aliphatic heterocycles. The molecule has 1 aromatic heterocycles. The normalized spacial score (nSPS) is 8.71. The minimum atomic E-state index is 1.07. The molecular formula is C6H7N. The zero-order chi connectivity index (χ0) is 5.11. The van der Waals surface area contributed by atoms with Crippen molar-refractivity contribution < 1.29 is 0 Å². The summed E-state index contributed by atoms with van der Waals surface area (Å²) < 4.78 is 0. The van der Waals surface area contributed by atoms with Crippen LogP contribution in [-0.2, 0) is 0 Å². The largest absolute Gasteiger partial charge is 0.262 e. The van der Waals surface area contributed by atoms with Crippen LogP contribution < -0.4 is 0 Å². The van der Waals surface area contributed by atoms with Gasteiger partial charge in [0.05, 0.1) is 0 Å². The van der Waals surface area contributed by atoms with E-state index in [0.29, 0.717) is 0 Å². The van der Waals surface area contributed by atoms with Crippen molar-refractivity contribution in [1.29, 1.82) is 0 Å². The van der Waals surface area contributed by atoms with Gasteiger partial charge in [-0.2, -0.15) is 0 Å². The quantitative estimate of drug-likeness (QED) is 0.474. The molecular weight excluding hydrogens is 88.1 g/mol. The van der Waals surface area contributed by atoms with Crippen LogP contribution in [0.4, 0.5) is 0 Å². The van der Waals surface area contributed by atoms with Crippen molar-refractivity contribution in [3.8, 4) is 0 Å². The van der Waals surface area contributed by atoms with Crippen LogP contribution in [0.1, 0.15) is 5.69 Å². The molecule has 0 bridgehead atoms. The van der Waals surface area contributed by atoms with Gasteiger partial charge < -0.3 is 0 Å². The summed E-state index contributed by atoms with van der Waals surface area (Å²) >= 11 is 0. The van der Waals surface area contributed by atoms with Gasteiger partial charge in [0.25, 0.3) is 0 Å². The second-order valence-electron chi connectivity index (χ2n) is 1.47. The molecule has 0 radical (unpaired) electrons. The van der Waals surface area contributed by atoms with Crippen molar-refractivity contribution in [2.75, 3.05) is 0 Å². The van der Waals surface area contributed by atoms with Gasteiger partial charge in [0.1, 0.15) is 0 Å². The highest BCUT2D eigenvalue weighted by Crippen LogP contribution is 1.85. The maximum Gasteiger partial charge on any atom is 0.0372 e. The first-order chi connectivity index (χ1) is 3.39. The molecule has 1 aromatic rings. The molecule has 0 N–H and O–H groups in total. The fourth-order valence-corrected chi connectivity index (χ4v) is 0.448. The lowest BCUT2D eigenvalue weighted by molar-refractivity contribution is 1.20. The van der Waals surface area contributed by atoms with Gasteiger partial charge in [-0.3, -0.25) is 4.98 Å². The average Bonchev–Trinajstić information content (AvgIpc) is 1.69. The van der Waals surface area contributed by atoms with E-state index in [1.165, 1.54) is 0 Å². The van der Waals surface area contributed by atoms with E-state index in [1.54, 1.807) is 6.20 Å². The summed E-state index contributed by atoms with van der Waals surface area (Å²) in [7, 11) is 0. The predicted molar refractivity (Wildman–Crippen MR) is 29.0 cm³/mol. The monoisotopic (exact) mass is 95.1 g/mol. The van der Waals surface area contributed by atoms with Crippen molar-refractivity contribution in [2.24, 2.45) is 0 Å². The van der Waals surface area contributed by atoms with Crippen LogP contribution in [0.15, 0.2) is 24.4 Å². The topological polar surface area (TPSA) is 12.9 Å². The molecule has 0 atom stereocenters. The van der Waals surface area contributed by atoms with Crippen LogP contribution in [0, 0.1) is 6.92 Å². The van der Waals surface area contributed by atoms with Gasteiger partial charge in [0, 0.05) is 11.9 Å². The predicted octanol–water partition coefficient (Wildman–Crippen LogP) is 1.39. The Balaban J connectivity index is 3.02. The van der Waals surface area contributed by atoms with Crippen molar-refractivity contribution in [2.45, 2.75) is 6.92 Å². The maximum atomic E-state index is 3.98. The zero-order valence-corrected chi connectivity index (χ0v) is 4.26. The number of pyridine rings is 1. The van der Waals surface area contributed by atoms with E-state index in [-0.39, 0.29) is 0 Å². The van der Waals surface area contributed by atoms with Crippen LogP contribution in [-0.4, -0.2) is 4.98 Å². The third-order valence-corrected chi connectivity index (χ3v) is 0.813. The fourth-order valence-electron chi connectivity index (χ4n) is 0.448. The standard InChI is InChI=1S/C6H7N/c1-6-4-2-3-5-7-6/h2-5H,1H3/i6+2.